The Morgan fingerprint density at radius 1 is 0.824 bits per heavy atom. The Morgan fingerprint density at radius 2 is 1.57 bits per heavy atom. The van der Waals surface area contributed by atoms with Crippen LogP contribution in [0.1, 0.15) is 157 Å². The van der Waals surface area contributed by atoms with Gasteiger partial charge in [0.05, 0.1) is 44.1 Å². The first-order chi connectivity index (χ1) is 35.2. The third-order valence-electron chi connectivity index (χ3n) is 20.8. The molecule has 25 atom stereocenters. The molecule has 8 rings (SSSR count). The Hall–Kier alpha value is -2.07. The molecule has 0 bridgehead atoms. The zero-order valence-corrected chi connectivity index (χ0v) is 45.3. The van der Waals surface area contributed by atoms with E-state index in [0.29, 0.717) is 51.0 Å². The molecule has 0 radical (unpaired) electrons. The van der Waals surface area contributed by atoms with E-state index < -0.39 is 116 Å². The fraction of sp³-hybridized carbons (Fsp3) is 0.946. The van der Waals surface area contributed by atoms with Gasteiger partial charge in [-0.3, -0.25) is 14.4 Å². The molecule has 17 unspecified atom stereocenters. The highest BCUT2D eigenvalue weighted by Gasteiger charge is 2.67. The van der Waals surface area contributed by atoms with Crippen LogP contribution in [-0.2, 0) is 47.5 Å². The fourth-order valence-corrected chi connectivity index (χ4v) is 16.5. The lowest BCUT2D eigenvalue weighted by molar-refractivity contribution is -0.338. The average molecular weight is 1050 g/mol. The largest absolute Gasteiger partial charge is 0.469 e. The SMILES string of the molecule is CCC1CC(C(=O)OC2CC3CC(N)CCC3(C)C3CC(O)C4(C)C(C(C)CCC(=O)OC)CCC4C23)C[C@@H](O[C@@H]2O[C@@H](CO)[C@H](O)C(OCCC3CCCCC3)C2NC(C)=O)[C@@H]1OC1O[C@@H](C)[C@H](O)C(O)[C@@H]1O. The molecule has 9 N–H and O–H groups in total. The summed E-state index contributed by atoms with van der Waals surface area (Å²) >= 11 is 0. The standard InChI is InChI=1S/C56H94N2O16/c1-8-32-22-33(52(67)71-39-25-34-24-35(57)18-20-55(34,5)38-26-42(61)56(6)36(15-16-37(56)44(38)39)28(2)14-17-43(62)68-7)23-40(50(32)74-54-49(66)48(65)46(63)29(3)70-54)72-53-45(58-30(4)60)51(47(64)41(27-59)73-53)69-21-19-31-12-10-9-11-13-31/h28-29,31-42,44-51,53-54,59,61,63-66H,8-27,57H2,1-7H3,(H,58,60)/t28?,29-,32?,33?,34?,35?,36?,37?,38?,39?,40+,41-,42?,44?,45?,46-,47-,48?,49-,50+,51?,53+,54?,55?,56?/m0/s1. The van der Waals surface area contributed by atoms with Crippen LogP contribution in [0.4, 0.5) is 0 Å². The summed E-state index contributed by atoms with van der Waals surface area (Å²) in [6.45, 7) is 11.4. The molecular formula is C56H94N2O16. The summed E-state index contributed by atoms with van der Waals surface area (Å²) in [6.07, 6.45) is -0.589. The first-order valence-corrected chi connectivity index (χ1v) is 28.8. The minimum atomic E-state index is -1.63. The van der Waals surface area contributed by atoms with Gasteiger partial charge in [-0.25, -0.2) is 0 Å². The monoisotopic (exact) mass is 1050 g/mol. The van der Waals surface area contributed by atoms with Crippen molar-refractivity contribution in [1.29, 1.82) is 0 Å². The number of nitrogens with one attached hydrogen (secondary N) is 1. The van der Waals surface area contributed by atoms with Crippen LogP contribution in [0.5, 0.6) is 0 Å². The normalized spacial score (nSPS) is 47.1. The number of amides is 1. The third-order valence-corrected chi connectivity index (χ3v) is 20.8. The average Bonchev–Trinajstić information content (AvgIpc) is 3.74. The molecule has 8 fully saturated rings. The number of carbonyl (C=O) groups excluding carboxylic acids is 3. The van der Waals surface area contributed by atoms with Gasteiger partial charge < -0.3 is 74.8 Å². The molecule has 0 aromatic rings. The number of ether oxygens (including phenoxy) is 7. The van der Waals surface area contributed by atoms with Gasteiger partial charge in [-0.2, -0.15) is 0 Å². The van der Waals surface area contributed by atoms with E-state index in [4.69, 9.17) is 38.9 Å². The summed E-state index contributed by atoms with van der Waals surface area (Å²) in [6, 6.07) is -1.02. The highest BCUT2D eigenvalue weighted by atomic mass is 16.7. The van der Waals surface area contributed by atoms with Crippen molar-refractivity contribution in [2.75, 3.05) is 20.3 Å². The number of carbonyl (C=O) groups is 3. The minimum absolute atomic E-state index is 0.0194. The predicted octanol–water partition coefficient (Wildman–Crippen LogP) is 4.03. The van der Waals surface area contributed by atoms with Crippen molar-refractivity contribution in [3.63, 3.8) is 0 Å². The van der Waals surface area contributed by atoms with E-state index in [9.17, 15) is 40.2 Å². The van der Waals surface area contributed by atoms with Crippen molar-refractivity contribution in [3.8, 4) is 0 Å². The van der Waals surface area contributed by atoms with Crippen molar-refractivity contribution >= 4 is 17.8 Å². The van der Waals surface area contributed by atoms with Gasteiger partial charge in [0.1, 0.15) is 48.8 Å². The van der Waals surface area contributed by atoms with Crippen LogP contribution in [0.2, 0.25) is 0 Å². The van der Waals surface area contributed by atoms with Crippen LogP contribution in [0.25, 0.3) is 0 Å². The predicted molar refractivity (Wildman–Crippen MR) is 269 cm³/mol. The molecule has 0 aromatic carbocycles. The molecule has 0 spiro atoms. The maximum atomic E-state index is 15.3. The van der Waals surface area contributed by atoms with Crippen LogP contribution in [-0.4, -0.2) is 161 Å². The summed E-state index contributed by atoms with van der Waals surface area (Å²) in [4.78, 5) is 40.6. The van der Waals surface area contributed by atoms with E-state index in [2.05, 4.69) is 26.1 Å². The Labute approximate surface area is 439 Å². The lowest BCUT2D eigenvalue weighted by atomic mass is 9.43. The second kappa shape index (κ2) is 24.5. The van der Waals surface area contributed by atoms with Gasteiger partial charge in [0, 0.05) is 31.9 Å². The summed E-state index contributed by atoms with van der Waals surface area (Å²) in [7, 11) is 1.41. The maximum Gasteiger partial charge on any atom is 0.309 e. The van der Waals surface area contributed by atoms with E-state index in [1.54, 1.807) is 6.92 Å². The molecule has 424 valence electrons. The van der Waals surface area contributed by atoms with Gasteiger partial charge in [-0.1, -0.05) is 66.2 Å². The molecule has 2 saturated heterocycles. The minimum Gasteiger partial charge on any atom is -0.469 e. The second-order valence-electron chi connectivity index (χ2n) is 25.0. The second-order valence-corrected chi connectivity index (χ2v) is 25.0. The quantitative estimate of drug-likeness (QED) is 0.0956. The number of fused-ring (bicyclic) bond motifs is 5. The summed E-state index contributed by atoms with van der Waals surface area (Å²) < 4.78 is 44.4. The summed E-state index contributed by atoms with van der Waals surface area (Å²) in [5, 5.41) is 70.3. The molecular weight excluding hydrogens is 957 g/mol. The molecule has 2 aliphatic heterocycles. The Morgan fingerprint density at radius 3 is 2.26 bits per heavy atom. The molecule has 18 nitrogen and oxygen atoms in total. The molecule has 74 heavy (non-hydrogen) atoms. The highest BCUT2D eigenvalue weighted by molar-refractivity contribution is 5.73. The molecule has 6 aliphatic carbocycles. The van der Waals surface area contributed by atoms with Crippen molar-refractivity contribution < 1.29 is 78.2 Å². The van der Waals surface area contributed by atoms with E-state index in [1.807, 2.05) is 6.92 Å². The number of esters is 2. The number of aliphatic hydroxyl groups excluding tert-OH is 6. The van der Waals surface area contributed by atoms with Crippen LogP contribution < -0.4 is 11.1 Å². The van der Waals surface area contributed by atoms with Crippen LogP contribution >= 0.6 is 0 Å². The zero-order valence-electron chi connectivity index (χ0n) is 45.3. The van der Waals surface area contributed by atoms with Gasteiger partial charge in [0.2, 0.25) is 5.91 Å². The smallest absolute Gasteiger partial charge is 0.309 e. The lowest BCUT2D eigenvalue weighted by Crippen LogP contribution is -2.66. The molecule has 2 heterocycles. The van der Waals surface area contributed by atoms with Crippen molar-refractivity contribution in [2.24, 2.45) is 69.8 Å². The molecule has 18 heteroatoms. The van der Waals surface area contributed by atoms with Gasteiger partial charge in [-0.15, -0.1) is 0 Å². The summed E-state index contributed by atoms with van der Waals surface area (Å²) in [5.74, 6) is -1.06. The summed E-state index contributed by atoms with van der Waals surface area (Å²) in [5.41, 5.74) is 6.13. The fourth-order valence-electron chi connectivity index (χ4n) is 16.5. The van der Waals surface area contributed by atoms with Gasteiger partial charge in [0.15, 0.2) is 12.6 Å². The van der Waals surface area contributed by atoms with Gasteiger partial charge in [-0.05, 0) is 130 Å². The molecule has 6 saturated carbocycles. The van der Waals surface area contributed by atoms with Crippen molar-refractivity contribution in [3.05, 3.63) is 0 Å². The number of hydrogen-bond donors (Lipinski definition) is 8. The molecule has 0 aromatic heterocycles. The van der Waals surface area contributed by atoms with Crippen molar-refractivity contribution in [2.45, 2.75) is 249 Å². The van der Waals surface area contributed by atoms with E-state index in [1.165, 1.54) is 20.5 Å². The van der Waals surface area contributed by atoms with Crippen LogP contribution in [0, 0.1) is 64.1 Å². The van der Waals surface area contributed by atoms with E-state index in [0.717, 1.165) is 64.2 Å². The number of aliphatic hydroxyl groups is 6. The van der Waals surface area contributed by atoms with Crippen molar-refractivity contribution in [1.82, 2.24) is 5.32 Å². The number of methoxy groups -OCH3 is 1. The number of nitrogens with two attached hydrogens (primary N) is 1. The first-order valence-electron chi connectivity index (χ1n) is 28.8. The topological polar surface area (TPSA) is 275 Å². The number of rotatable bonds is 17. The molecule has 8 aliphatic rings. The van der Waals surface area contributed by atoms with E-state index in [-0.39, 0.29) is 65.3 Å². The maximum absolute atomic E-state index is 15.3. The van der Waals surface area contributed by atoms with Crippen LogP contribution in [0.15, 0.2) is 0 Å². The van der Waals surface area contributed by atoms with E-state index >= 15 is 4.79 Å². The first kappa shape index (κ1) is 58.1. The Kier molecular flexibility index (Phi) is 19.2. The zero-order chi connectivity index (χ0) is 53.4. The van der Waals surface area contributed by atoms with Gasteiger partial charge >= 0.3 is 11.9 Å². The Balaban J connectivity index is 1.09. The van der Waals surface area contributed by atoms with Crippen LogP contribution in [0.3, 0.4) is 0 Å². The number of hydrogen-bond acceptors (Lipinski definition) is 17. The molecule has 1 amide bonds. The lowest BCUT2D eigenvalue weighted by Gasteiger charge is -2.64. The Bertz CT molecular complexity index is 1880. The van der Waals surface area contributed by atoms with Gasteiger partial charge in [0.25, 0.3) is 0 Å². The highest BCUT2D eigenvalue weighted by Crippen LogP contribution is 2.69. The third kappa shape index (κ3) is 11.8.